The quantitative estimate of drug-likeness (QED) is 0.609. The molecule has 1 N–H and O–H groups in total. The lowest BCUT2D eigenvalue weighted by atomic mass is 10.0. The van der Waals surface area contributed by atoms with E-state index in [1.54, 1.807) is 12.4 Å². The molecule has 1 saturated heterocycles. The number of H-pyrrole nitrogens is 1. The minimum absolute atomic E-state index is 0.194. The smallest absolute Gasteiger partial charge is 0.227 e. The predicted octanol–water partition coefficient (Wildman–Crippen LogP) is 3.21. The predicted molar refractivity (Wildman–Crippen MR) is 102 cm³/mol. The first kappa shape index (κ1) is 15.6. The highest BCUT2D eigenvalue weighted by atomic mass is 16.2. The van der Waals surface area contributed by atoms with Gasteiger partial charge in [0.2, 0.25) is 5.91 Å². The first-order valence-electron chi connectivity index (χ1n) is 8.80. The summed E-state index contributed by atoms with van der Waals surface area (Å²) >= 11 is 0. The van der Waals surface area contributed by atoms with Crippen LogP contribution in [0.2, 0.25) is 0 Å². The Bertz CT molecular complexity index is 1130. The van der Waals surface area contributed by atoms with Crippen LogP contribution in [0.25, 0.3) is 33.4 Å². The van der Waals surface area contributed by atoms with Crippen molar-refractivity contribution in [3.05, 3.63) is 55.2 Å². The molecule has 1 aliphatic rings. The molecule has 7 nitrogen and oxygen atoms in total. The van der Waals surface area contributed by atoms with Crippen LogP contribution in [0, 0.1) is 0 Å². The SMILES string of the molecule is O=C1CCCN1c1ccc(-c2cncc(-c3ncnc4[nH]ncc34)c2)cc1. The lowest BCUT2D eigenvalue weighted by molar-refractivity contribution is -0.117. The summed E-state index contributed by atoms with van der Waals surface area (Å²) < 4.78 is 0. The van der Waals surface area contributed by atoms with Crippen LogP contribution >= 0.6 is 0 Å². The number of aromatic amines is 1. The molecule has 3 aromatic heterocycles. The van der Waals surface area contributed by atoms with Gasteiger partial charge in [0, 0.05) is 42.2 Å². The standard InChI is InChI=1S/C20H16N6O/c27-18-2-1-7-26(18)16-5-3-13(4-6-16)14-8-15(10-21-9-14)19-17-11-24-25-20(17)23-12-22-19/h3-6,8-12H,1-2,7H2,(H,22,23,24,25). The molecule has 4 heterocycles. The van der Waals surface area contributed by atoms with Crippen molar-refractivity contribution in [3.63, 3.8) is 0 Å². The first-order chi connectivity index (χ1) is 13.3. The number of anilines is 1. The number of aromatic nitrogens is 5. The Kier molecular flexibility index (Phi) is 3.64. The molecule has 0 spiro atoms. The van der Waals surface area contributed by atoms with Crippen molar-refractivity contribution in [3.8, 4) is 22.4 Å². The lowest BCUT2D eigenvalue weighted by Crippen LogP contribution is -2.23. The van der Waals surface area contributed by atoms with Gasteiger partial charge < -0.3 is 4.90 Å². The second kappa shape index (κ2) is 6.28. The maximum atomic E-state index is 11.9. The highest BCUT2D eigenvalue weighted by Crippen LogP contribution is 2.29. The van der Waals surface area contributed by atoms with Gasteiger partial charge in [0.1, 0.15) is 6.33 Å². The van der Waals surface area contributed by atoms with E-state index >= 15 is 0 Å². The highest BCUT2D eigenvalue weighted by Gasteiger charge is 2.21. The van der Waals surface area contributed by atoms with E-state index in [4.69, 9.17) is 0 Å². The van der Waals surface area contributed by atoms with Gasteiger partial charge in [-0.25, -0.2) is 9.97 Å². The van der Waals surface area contributed by atoms with Gasteiger partial charge >= 0.3 is 0 Å². The maximum absolute atomic E-state index is 11.9. The van der Waals surface area contributed by atoms with Gasteiger partial charge in [-0.05, 0) is 30.2 Å². The minimum Gasteiger partial charge on any atom is -0.312 e. The molecule has 132 valence electrons. The van der Waals surface area contributed by atoms with Crippen molar-refractivity contribution < 1.29 is 4.79 Å². The van der Waals surface area contributed by atoms with E-state index in [0.29, 0.717) is 12.1 Å². The molecule has 0 radical (unpaired) electrons. The van der Waals surface area contributed by atoms with Crippen LogP contribution in [0.3, 0.4) is 0 Å². The second-order valence-electron chi connectivity index (χ2n) is 6.51. The summed E-state index contributed by atoms with van der Waals surface area (Å²) in [6.07, 6.45) is 8.41. The summed E-state index contributed by atoms with van der Waals surface area (Å²) in [4.78, 5) is 26.7. The molecule has 4 aromatic rings. The van der Waals surface area contributed by atoms with Crippen LogP contribution in [0.1, 0.15) is 12.8 Å². The third-order valence-corrected chi connectivity index (χ3v) is 4.85. The molecule has 0 atom stereocenters. The lowest BCUT2D eigenvalue weighted by Gasteiger charge is -2.16. The van der Waals surface area contributed by atoms with Crippen molar-refractivity contribution in [1.29, 1.82) is 0 Å². The topological polar surface area (TPSA) is 87.7 Å². The number of amides is 1. The molecule has 1 aliphatic heterocycles. The Balaban J connectivity index is 1.50. The number of benzene rings is 1. The summed E-state index contributed by atoms with van der Waals surface area (Å²) in [7, 11) is 0. The van der Waals surface area contributed by atoms with Crippen LogP contribution in [-0.2, 0) is 4.79 Å². The zero-order chi connectivity index (χ0) is 18.2. The first-order valence-corrected chi connectivity index (χ1v) is 8.80. The molecule has 0 saturated carbocycles. The molecular weight excluding hydrogens is 340 g/mol. The van der Waals surface area contributed by atoms with Gasteiger partial charge in [0.15, 0.2) is 5.65 Å². The summed E-state index contributed by atoms with van der Waals surface area (Å²) in [6, 6.07) is 10.1. The molecule has 0 aliphatic carbocycles. The van der Waals surface area contributed by atoms with E-state index in [0.717, 1.165) is 46.4 Å². The Morgan fingerprint density at radius 3 is 2.63 bits per heavy atom. The van der Waals surface area contributed by atoms with E-state index in [-0.39, 0.29) is 5.91 Å². The Labute approximate surface area is 155 Å². The number of hydrogen-bond acceptors (Lipinski definition) is 5. The van der Waals surface area contributed by atoms with E-state index in [1.807, 2.05) is 35.4 Å². The third-order valence-electron chi connectivity index (χ3n) is 4.85. The molecule has 1 amide bonds. The average molecular weight is 356 g/mol. The number of nitrogens with one attached hydrogen (secondary N) is 1. The van der Waals surface area contributed by atoms with Crippen LogP contribution in [0.15, 0.2) is 55.2 Å². The van der Waals surface area contributed by atoms with Gasteiger partial charge in [-0.1, -0.05) is 12.1 Å². The van der Waals surface area contributed by atoms with Crippen LogP contribution in [0.4, 0.5) is 5.69 Å². The van der Waals surface area contributed by atoms with Crippen LogP contribution in [0.5, 0.6) is 0 Å². The van der Waals surface area contributed by atoms with Crippen LogP contribution in [-0.4, -0.2) is 37.6 Å². The van der Waals surface area contributed by atoms with Gasteiger partial charge in [-0.3, -0.25) is 14.9 Å². The van der Waals surface area contributed by atoms with Crippen molar-refractivity contribution in [2.24, 2.45) is 0 Å². The molecule has 27 heavy (non-hydrogen) atoms. The van der Waals surface area contributed by atoms with E-state index in [1.165, 1.54) is 6.33 Å². The zero-order valence-electron chi connectivity index (χ0n) is 14.5. The second-order valence-corrected chi connectivity index (χ2v) is 6.51. The molecule has 1 aromatic carbocycles. The van der Waals surface area contributed by atoms with E-state index in [9.17, 15) is 4.79 Å². The molecule has 7 heteroatoms. The number of carbonyl (C=O) groups is 1. The van der Waals surface area contributed by atoms with Crippen molar-refractivity contribution in [2.75, 3.05) is 11.4 Å². The zero-order valence-corrected chi connectivity index (χ0v) is 14.5. The van der Waals surface area contributed by atoms with Gasteiger partial charge in [-0.15, -0.1) is 0 Å². The minimum atomic E-state index is 0.194. The third kappa shape index (κ3) is 2.73. The largest absolute Gasteiger partial charge is 0.312 e. The normalized spacial score (nSPS) is 14.2. The van der Waals surface area contributed by atoms with E-state index in [2.05, 4.69) is 31.2 Å². The number of hydrogen-bond donors (Lipinski definition) is 1. The molecule has 1 fully saturated rings. The Morgan fingerprint density at radius 1 is 0.963 bits per heavy atom. The monoisotopic (exact) mass is 356 g/mol. The van der Waals surface area contributed by atoms with Gasteiger partial charge in [-0.2, -0.15) is 5.10 Å². The fraction of sp³-hybridized carbons (Fsp3) is 0.150. The van der Waals surface area contributed by atoms with Crippen molar-refractivity contribution in [1.82, 2.24) is 25.1 Å². The van der Waals surface area contributed by atoms with Gasteiger partial charge in [0.25, 0.3) is 0 Å². The molecule has 0 bridgehead atoms. The number of pyridine rings is 1. The Hall–Kier alpha value is -3.61. The van der Waals surface area contributed by atoms with Gasteiger partial charge in [0.05, 0.1) is 17.3 Å². The maximum Gasteiger partial charge on any atom is 0.227 e. The van der Waals surface area contributed by atoms with Crippen molar-refractivity contribution in [2.45, 2.75) is 12.8 Å². The van der Waals surface area contributed by atoms with Crippen molar-refractivity contribution >= 4 is 22.6 Å². The number of rotatable bonds is 3. The van der Waals surface area contributed by atoms with Crippen LogP contribution < -0.4 is 4.90 Å². The molecular formula is C20H16N6O. The summed E-state index contributed by atoms with van der Waals surface area (Å²) in [6.45, 7) is 0.795. The fourth-order valence-electron chi connectivity index (χ4n) is 3.48. The summed E-state index contributed by atoms with van der Waals surface area (Å²) in [5.41, 5.74) is 5.37. The highest BCUT2D eigenvalue weighted by molar-refractivity contribution is 5.95. The number of carbonyl (C=O) groups excluding carboxylic acids is 1. The summed E-state index contributed by atoms with van der Waals surface area (Å²) in [5.74, 6) is 0.194. The summed E-state index contributed by atoms with van der Waals surface area (Å²) in [5, 5.41) is 7.76. The fourth-order valence-corrected chi connectivity index (χ4v) is 3.48. The molecule has 0 unspecified atom stereocenters. The Morgan fingerprint density at radius 2 is 1.81 bits per heavy atom. The van der Waals surface area contributed by atoms with E-state index < -0.39 is 0 Å². The molecule has 5 rings (SSSR count). The number of fused-ring (bicyclic) bond motifs is 1. The number of nitrogens with zero attached hydrogens (tertiary/aromatic N) is 5. The average Bonchev–Trinajstić information content (AvgIpc) is 3.37.